The molecule has 0 radical (unpaired) electrons. The van der Waals surface area contributed by atoms with Gasteiger partial charge in [-0.15, -0.1) is 0 Å². The number of ether oxygens (including phenoxy) is 2. The fourth-order valence-corrected chi connectivity index (χ4v) is 2.00. The Morgan fingerprint density at radius 3 is 2.80 bits per heavy atom. The lowest BCUT2D eigenvalue weighted by atomic mass is 9.93. The van der Waals surface area contributed by atoms with Crippen LogP contribution in [0.25, 0.3) is 0 Å². The smallest absolute Gasteiger partial charge is 0.0788 e. The Labute approximate surface area is 92.5 Å². The molecule has 0 saturated carbocycles. The highest BCUT2D eigenvalue weighted by molar-refractivity contribution is 4.84. The lowest BCUT2D eigenvalue weighted by Crippen LogP contribution is -2.51. The molecule has 1 heterocycles. The molecular weight excluding hydrogens is 192 g/mol. The van der Waals surface area contributed by atoms with E-state index in [1.54, 1.807) is 7.11 Å². The number of nitrogens with one attached hydrogen (secondary N) is 1. The second-order valence-electron chi connectivity index (χ2n) is 4.74. The van der Waals surface area contributed by atoms with Crippen molar-refractivity contribution < 1.29 is 9.47 Å². The molecule has 0 aliphatic carbocycles. The van der Waals surface area contributed by atoms with E-state index in [1.165, 1.54) is 12.8 Å². The summed E-state index contributed by atoms with van der Waals surface area (Å²) >= 11 is 0. The zero-order valence-corrected chi connectivity index (χ0v) is 10.1. The Morgan fingerprint density at radius 2 is 2.33 bits per heavy atom. The van der Waals surface area contributed by atoms with Gasteiger partial charge in [-0.3, -0.25) is 11.3 Å². The molecular formula is C11H24N2O2. The molecule has 0 bridgehead atoms. The number of hydrogen-bond donors (Lipinski definition) is 2. The first-order chi connectivity index (χ1) is 7.10. The van der Waals surface area contributed by atoms with Crippen molar-refractivity contribution in [3.63, 3.8) is 0 Å². The van der Waals surface area contributed by atoms with E-state index < -0.39 is 0 Å². The molecule has 4 nitrogen and oxygen atoms in total. The average molecular weight is 216 g/mol. The van der Waals surface area contributed by atoms with Gasteiger partial charge in [0.15, 0.2) is 0 Å². The predicted octanol–water partition coefficient (Wildman–Crippen LogP) is 1.20. The van der Waals surface area contributed by atoms with Gasteiger partial charge in [-0.1, -0.05) is 0 Å². The van der Waals surface area contributed by atoms with Crippen LogP contribution in [0, 0.1) is 0 Å². The zero-order valence-electron chi connectivity index (χ0n) is 10.1. The largest absolute Gasteiger partial charge is 0.378 e. The molecule has 0 amide bonds. The lowest BCUT2D eigenvalue weighted by Gasteiger charge is -2.33. The molecule has 0 aromatic rings. The first kappa shape index (κ1) is 12.9. The van der Waals surface area contributed by atoms with E-state index in [4.69, 9.17) is 15.3 Å². The maximum Gasteiger partial charge on any atom is 0.0788 e. The Morgan fingerprint density at radius 1 is 1.60 bits per heavy atom. The van der Waals surface area contributed by atoms with Crippen LogP contribution in [0.5, 0.6) is 0 Å². The standard InChI is InChI=1S/C11H24N2O2/c1-11(2,14-3)10(13-12)7-6-9-5-4-8-15-9/h9-10,13H,4-8,12H2,1-3H3. The fraction of sp³-hybridized carbons (Fsp3) is 1.00. The van der Waals surface area contributed by atoms with E-state index in [9.17, 15) is 0 Å². The van der Waals surface area contributed by atoms with Crippen molar-refractivity contribution in [1.29, 1.82) is 0 Å². The van der Waals surface area contributed by atoms with E-state index in [0.717, 1.165) is 19.4 Å². The Bertz CT molecular complexity index is 179. The summed E-state index contributed by atoms with van der Waals surface area (Å²) in [4.78, 5) is 0. The van der Waals surface area contributed by atoms with Gasteiger partial charge in [0.25, 0.3) is 0 Å². The molecule has 2 unspecified atom stereocenters. The molecule has 0 spiro atoms. The third kappa shape index (κ3) is 3.72. The monoisotopic (exact) mass is 216 g/mol. The molecule has 4 heteroatoms. The summed E-state index contributed by atoms with van der Waals surface area (Å²) in [6.07, 6.45) is 4.85. The molecule has 0 aromatic carbocycles. The fourth-order valence-electron chi connectivity index (χ4n) is 2.00. The summed E-state index contributed by atoms with van der Waals surface area (Å²) in [7, 11) is 1.72. The number of hydrazine groups is 1. The first-order valence-electron chi connectivity index (χ1n) is 5.73. The second-order valence-corrected chi connectivity index (χ2v) is 4.74. The molecule has 2 atom stereocenters. The Hall–Kier alpha value is -0.160. The highest BCUT2D eigenvalue weighted by Gasteiger charge is 2.29. The highest BCUT2D eigenvalue weighted by atomic mass is 16.5. The van der Waals surface area contributed by atoms with Crippen LogP contribution in [0.1, 0.15) is 39.5 Å². The number of rotatable bonds is 6. The topological polar surface area (TPSA) is 56.5 Å². The number of methoxy groups -OCH3 is 1. The van der Waals surface area contributed by atoms with Gasteiger partial charge in [-0.25, -0.2) is 0 Å². The van der Waals surface area contributed by atoms with Crippen molar-refractivity contribution in [2.45, 2.75) is 57.3 Å². The van der Waals surface area contributed by atoms with Gasteiger partial charge in [0.2, 0.25) is 0 Å². The number of hydrogen-bond acceptors (Lipinski definition) is 4. The second kappa shape index (κ2) is 5.80. The lowest BCUT2D eigenvalue weighted by molar-refractivity contribution is -0.0170. The molecule has 1 aliphatic heterocycles. The van der Waals surface area contributed by atoms with Gasteiger partial charge in [0, 0.05) is 19.8 Å². The Balaban J connectivity index is 2.32. The molecule has 3 N–H and O–H groups in total. The Kier molecular flexibility index (Phi) is 4.99. The van der Waals surface area contributed by atoms with Gasteiger partial charge < -0.3 is 9.47 Å². The van der Waals surface area contributed by atoms with Crippen LogP contribution in [-0.2, 0) is 9.47 Å². The normalized spacial score (nSPS) is 24.4. The summed E-state index contributed by atoms with van der Waals surface area (Å²) in [6, 6.07) is 0.173. The van der Waals surface area contributed by atoms with Crippen LogP contribution in [0.2, 0.25) is 0 Å². The quantitative estimate of drug-likeness (QED) is 0.517. The summed E-state index contributed by atoms with van der Waals surface area (Å²) in [6.45, 7) is 5.01. The number of nitrogens with two attached hydrogens (primary N) is 1. The van der Waals surface area contributed by atoms with E-state index in [0.29, 0.717) is 6.10 Å². The van der Waals surface area contributed by atoms with E-state index >= 15 is 0 Å². The summed E-state index contributed by atoms with van der Waals surface area (Å²) in [5, 5.41) is 0. The van der Waals surface area contributed by atoms with Crippen molar-refractivity contribution in [3.05, 3.63) is 0 Å². The van der Waals surface area contributed by atoms with Crippen LogP contribution >= 0.6 is 0 Å². The van der Waals surface area contributed by atoms with E-state index in [-0.39, 0.29) is 11.6 Å². The van der Waals surface area contributed by atoms with Crippen molar-refractivity contribution >= 4 is 0 Å². The van der Waals surface area contributed by atoms with Gasteiger partial charge in [0.1, 0.15) is 0 Å². The maximum atomic E-state index is 5.58. The van der Waals surface area contributed by atoms with E-state index in [1.807, 2.05) is 13.8 Å². The summed E-state index contributed by atoms with van der Waals surface area (Å²) in [5.41, 5.74) is 2.61. The van der Waals surface area contributed by atoms with Crippen LogP contribution in [-0.4, -0.2) is 31.5 Å². The third-order valence-electron chi connectivity index (χ3n) is 3.37. The van der Waals surface area contributed by atoms with Crippen LogP contribution in [0.4, 0.5) is 0 Å². The summed E-state index contributed by atoms with van der Waals surface area (Å²) in [5.74, 6) is 5.55. The molecule has 1 aliphatic rings. The van der Waals surface area contributed by atoms with Crippen LogP contribution in [0.15, 0.2) is 0 Å². The van der Waals surface area contributed by atoms with E-state index in [2.05, 4.69) is 5.43 Å². The SMILES string of the molecule is COC(C)(C)C(CCC1CCCO1)NN. The minimum Gasteiger partial charge on any atom is -0.378 e. The van der Waals surface area contributed by atoms with Crippen molar-refractivity contribution in [3.8, 4) is 0 Å². The molecule has 1 saturated heterocycles. The predicted molar refractivity (Wildman–Crippen MR) is 60.4 cm³/mol. The maximum absolute atomic E-state index is 5.58. The molecule has 90 valence electrons. The van der Waals surface area contributed by atoms with Crippen LogP contribution < -0.4 is 11.3 Å². The van der Waals surface area contributed by atoms with Gasteiger partial charge in [-0.05, 0) is 39.5 Å². The average Bonchev–Trinajstić information content (AvgIpc) is 2.71. The summed E-state index contributed by atoms with van der Waals surface area (Å²) < 4.78 is 11.0. The first-order valence-corrected chi connectivity index (χ1v) is 5.73. The van der Waals surface area contributed by atoms with Crippen molar-refractivity contribution in [1.82, 2.24) is 5.43 Å². The third-order valence-corrected chi connectivity index (χ3v) is 3.37. The van der Waals surface area contributed by atoms with Gasteiger partial charge >= 0.3 is 0 Å². The minimum atomic E-state index is -0.229. The molecule has 1 fully saturated rings. The van der Waals surface area contributed by atoms with Crippen molar-refractivity contribution in [2.24, 2.45) is 5.84 Å². The highest BCUT2D eigenvalue weighted by Crippen LogP contribution is 2.22. The zero-order chi connectivity index (χ0) is 11.3. The molecule has 1 rings (SSSR count). The van der Waals surface area contributed by atoms with Crippen molar-refractivity contribution in [2.75, 3.05) is 13.7 Å². The molecule has 15 heavy (non-hydrogen) atoms. The minimum absolute atomic E-state index is 0.173. The molecule has 0 aromatic heterocycles. The van der Waals surface area contributed by atoms with Crippen LogP contribution in [0.3, 0.4) is 0 Å². The van der Waals surface area contributed by atoms with Gasteiger partial charge in [0.05, 0.1) is 11.7 Å². The van der Waals surface area contributed by atoms with Gasteiger partial charge in [-0.2, -0.15) is 0 Å².